The van der Waals surface area contributed by atoms with E-state index in [0.717, 1.165) is 24.9 Å². The van der Waals surface area contributed by atoms with Crippen molar-refractivity contribution in [3.63, 3.8) is 0 Å². The van der Waals surface area contributed by atoms with Crippen LogP contribution in [0.3, 0.4) is 0 Å². The molecule has 3 heteroatoms. The number of ether oxygens (including phenoxy) is 1. The summed E-state index contributed by atoms with van der Waals surface area (Å²) in [5.41, 5.74) is 0.633. The molecule has 1 fully saturated rings. The number of carbonyl (C=O) groups excluding carboxylic acids is 1. The van der Waals surface area contributed by atoms with Crippen LogP contribution in [0.25, 0.3) is 0 Å². The molecule has 0 aromatic heterocycles. The standard InChI is InChI=1S/C14H19NO2/c1-3-14(11-7-5-4-6-8-11)9-12(10-15-2)17-13(14)16/h4-8,12,15H,3,9-10H2,1-2H3. The molecule has 1 aliphatic rings. The topological polar surface area (TPSA) is 38.3 Å². The van der Waals surface area contributed by atoms with Crippen molar-refractivity contribution < 1.29 is 9.53 Å². The zero-order chi connectivity index (χ0) is 12.3. The summed E-state index contributed by atoms with van der Waals surface area (Å²) in [4.78, 5) is 12.2. The molecule has 0 spiro atoms. The van der Waals surface area contributed by atoms with Gasteiger partial charge in [0.15, 0.2) is 0 Å². The number of cyclic esters (lactones) is 1. The predicted octanol–water partition coefficient (Wildman–Crippen LogP) is 1.87. The summed E-state index contributed by atoms with van der Waals surface area (Å²) < 4.78 is 5.46. The molecule has 2 unspecified atom stereocenters. The highest BCUT2D eigenvalue weighted by Crippen LogP contribution is 2.40. The first-order valence-corrected chi connectivity index (χ1v) is 6.14. The number of benzene rings is 1. The van der Waals surface area contributed by atoms with E-state index in [-0.39, 0.29) is 12.1 Å². The first-order chi connectivity index (χ1) is 8.23. The van der Waals surface area contributed by atoms with Gasteiger partial charge in [0, 0.05) is 13.0 Å². The summed E-state index contributed by atoms with van der Waals surface area (Å²) in [6.45, 7) is 2.77. The van der Waals surface area contributed by atoms with E-state index < -0.39 is 5.41 Å². The SMILES string of the molecule is CCC1(c2ccccc2)CC(CNC)OC1=O. The van der Waals surface area contributed by atoms with E-state index >= 15 is 0 Å². The molecule has 2 atom stereocenters. The summed E-state index contributed by atoms with van der Waals surface area (Å²) in [6.07, 6.45) is 1.55. The van der Waals surface area contributed by atoms with Crippen molar-refractivity contribution >= 4 is 5.97 Å². The molecule has 1 saturated heterocycles. The lowest BCUT2D eigenvalue weighted by atomic mass is 9.76. The van der Waals surface area contributed by atoms with Crippen molar-refractivity contribution in [3.8, 4) is 0 Å². The molecule has 1 aliphatic heterocycles. The molecule has 0 aliphatic carbocycles. The average Bonchev–Trinajstić information content (AvgIpc) is 2.68. The van der Waals surface area contributed by atoms with Crippen LogP contribution < -0.4 is 5.32 Å². The fourth-order valence-electron chi connectivity index (χ4n) is 2.61. The Balaban J connectivity index is 2.29. The molecule has 0 bridgehead atoms. The predicted molar refractivity (Wildman–Crippen MR) is 66.8 cm³/mol. The van der Waals surface area contributed by atoms with E-state index in [9.17, 15) is 4.79 Å². The Hall–Kier alpha value is -1.35. The second kappa shape index (κ2) is 4.88. The number of nitrogens with one attached hydrogen (secondary N) is 1. The van der Waals surface area contributed by atoms with Crippen LogP contribution in [0, 0.1) is 0 Å². The molecule has 0 radical (unpaired) electrons. The van der Waals surface area contributed by atoms with Crippen LogP contribution in [-0.4, -0.2) is 25.7 Å². The minimum atomic E-state index is -0.442. The van der Waals surface area contributed by atoms with E-state index in [1.165, 1.54) is 0 Å². The Bertz CT molecular complexity index is 390. The van der Waals surface area contributed by atoms with Crippen LogP contribution in [0.5, 0.6) is 0 Å². The van der Waals surface area contributed by atoms with Gasteiger partial charge in [0.1, 0.15) is 6.10 Å². The lowest BCUT2D eigenvalue weighted by Crippen LogP contribution is -2.31. The van der Waals surface area contributed by atoms with Crippen molar-refractivity contribution in [2.75, 3.05) is 13.6 Å². The fourth-order valence-corrected chi connectivity index (χ4v) is 2.61. The Labute approximate surface area is 102 Å². The number of hydrogen-bond acceptors (Lipinski definition) is 3. The van der Waals surface area contributed by atoms with Gasteiger partial charge in [-0.05, 0) is 19.0 Å². The van der Waals surface area contributed by atoms with Crippen molar-refractivity contribution in [2.24, 2.45) is 0 Å². The first-order valence-electron chi connectivity index (χ1n) is 6.14. The Kier molecular flexibility index (Phi) is 3.48. The third-order valence-electron chi connectivity index (χ3n) is 3.60. The molecule has 1 aromatic rings. The lowest BCUT2D eigenvalue weighted by molar-refractivity contribution is -0.145. The Morgan fingerprint density at radius 1 is 1.41 bits per heavy atom. The molecule has 17 heavy (non-hydrogen) atoms. The van der Waals surface area contributed by atoms with E-state index in [4.69, 9.17) is 4.74 Å². The Morgan fingerprint density at radius 2 is 2.12 bits per heavy atom. The maximum absolute atomic E-state index is 12.2. The monoisotopic (exact) mass is 233 g/mol. The van der Waals surface area contributed by atoms with Gasteiger partial charge >= 0.3 is 5.97 Å². The van der Waals surface area contributed by atoms with Gasteiger partial charge in [0.05, 0.1) is 5.41 Å². The summed E-state index contributed by atoms with van der Waals surface area (Å²) >= 11 is 0. The first kappa shape index (κ1) is 12.1. The third-order valence-corrected chi connectivity index (χ3v) is 3.60. The normalized spacial score (nSPS) is 28.1. The average molecular weight is 233 g/mol. The van der Waals surface area contributed by atoms with Crippen LogP contribution >= 0.6 is 0 Å². The molecule has 1 N–H and O–H groups in total. The molecule has 1 heterocycles. The molecule has 1 aromatic carbocycles. The fraction of sp³-hybridized carbons (Fsp3) is 0.500. The molecular weight excluding hydrogens is 214 g/mol. The van der Waals surface area contributed by atoms with Crippen LogP contribution in [0.1, 0.15) is 25.3 Å². The van der Waals surface area contributed by atoms with Gasteiger partial charge in [-0.1, -0.05) is 37.3 Å². The zero-order valence-corrected chi connectivity index (χ0v) is 10.4. The molecule has 3 nitrogen and oxygen atoms in total. The van der Waals surface area contributed by atoms with Gasteiger partial charge in [-0.3, -0.25) is 4.79 Å². The van der Waals surface area contributed by atoms with Crippen LogP contribution in [0.15, 0.2) is 30.3 Å². The summed E-state index contributed by atoms with van der Waals surface area (Å²) in [5, 5.41) is 3.07. The maximum atomic E-state index is 12.2. The highest BCUT2D eigenvalue weighted by molar-refractivity contribution is 5.85. The molecular formula is C14H19NO2. The van der Waals surface area contributed by atoms with Crippen LogP contribution in [0.2, 0.25) is 0 Å². The van der Waals surface area contributed by atoms with Crippen LogP contribution in [0.4, 0.5) is 0 Å². The molecule has 92 valence electrons. The van der Waals surface area contributed by atoms with Crippen molar-refractivity contribution in [3.05, 3.63) is 35.9 Å². The lowest BCUT2D eigenvalue weighted by Gasteiger charge is -2.23. The number of rotatable bonds is 4. The van der Waals surface area contributed by atoms with Crippen LogP contribution in [-0.2, 0) is 14.9 Å². The van der Waals surface area contributed by atoms with Gasteiger partial charge in [-0.15, -0.1) is 0 Å². The minimum Gasteiger partial charge on any atom is -0.460 e. The summed E-state index contributed by atoms with van der Waals surface area (Å²) in [6, 6.07) is 9.97. The van der Waals surface area contributed by atoms with Gasteiger partial charge < -0.3 is 10.1 Å². The van der Waals surface area contributed by atoms with Crippen molar-refractivity contribution in [1.29, 1.82) is 0 Å². The van der Waals surface area contributed by atoms with Gasteiger partial charge in [-0.2, -0.15) is 0 Å². The van der Waals surface area contributed by atoms with E-state index in [2.05, 4.69) is 12.2 Å². The number of carbonyl (C=O) groups is 1. The van der Waals surface area contributed by atoms with E-state index in [1.807, 2.05) is 37.4 Å². The maximum Gasteiger partial charge on any atom is 0.317 e. The number of hydrogen-bond donors (Lipinski definition) is 1. The van der Waals surface area contributed by atoms with E-state index in [0.29, 0.717) is 0 Å². The largest absolute Gasteiger partial charge is 0.460 e. The third kappa shape index (κ3) is 2.07. The zero-order valence-electron chi connectivity index (χ0n) is 10.4. The highest BCUT2D eigenvalue weighted by Gasteiger charge is 2.48. The van der Waals surface area contributed by atoms with Crippen molar-refractivity contribution in [1.82, 2.24) is 5.32 Å². The molecule has 0 saturated carbocycles. The number of likely N-dealkylation sites (N-methyl/N-ethyl adjacent to an activating group) is 1. The highest BCUT2D eigenvalue weighted by atomic mass is 16.6. The van der Waals surface area contributed by atoms with E-state index in [1.54, 1.807) is 0 Å². The van der Waals surface area contributed by atoms with Gasteiger partial charge in [0.25, 0.3) is 0 Å². The second-order valence-electron chi connectivity index (χ2n) is 4.59. The number of esters is 1. The summed E-state index contributed by atoms with van der Waals surface area (Å²) in [5.74, 6) is -0.0774. The molecule has 2 rings (SSSR count). The summed E-state index contributed by atoms with van der Waals surface area (Å²) in [7, 11) is 1.88. The smallest absolute Gasteiger partial charge is 0.317 e. The molecule has 0 amide bonds. The quantitative estimate of drug-likeness (QED) is 0.807. The minimum absolute atomic E-state index is 0.00680. The van der Waals surface area contributed by atoms with Gasteiger partial charge in [0.2, 0.25) is 0 Å². The van der Waals surface area contributed by atoms with Crippen molar-refractivity contribution in [2.45, 2.75) is 31.3 Å². The second-order valence-corrected chi connectivity index (χ2v) is 4.59. The Morgan fingerprint density at radius 3 is 2.71 bits per heavy atom. The van der Waals surface area contributed by atoms with Gasteiger partial charge in [-0.25, -0.2) is 0 Å².